The van der Waals surface area contributed by atoms with Crippen molar-refractivity contribution < 1.29 is 14.0 Å². The lowest BCUT2D eigenvalue weighted by atomic mass is 9.94. The highest BCUT2D eigenvalue weighted by molar-refractivity contribution is 5.79. The van der Waals surface area contributed by atoms with Gasteiger partial charge in [0.1, 0.15) is 5.82 Å². The molecular formula is C16H19FN2O2. The van der Waals surface area contributed by atoms with E-state index in [1.165, 1.54) is 6.07 Å². The average molecular weight is 290 g/mol. The van der Waals surface area contributed by atoms with Crippen molar-refractivity contribution in [1.29, 1.82) is 0 Å². The topological polar surface area (TPSA) is 49.4 Å². The molecule has 0 aromatic heterocycles. The molecule has 5 heteroatoms. The minimum atomic E-state index is -0.216. The number of amides is 2. The molecule has 3 rings (SSSR count). The van der Waals surface area contributed by atoms with Gasteiger partial charge in [0.15, 0.2) is 0 Å². The van der Waals surface area contributed by atoms with E-state index in [1.807, 2.05) is 4.90 Å². The van der Waals surface area contributed by atoms with E-state index in [2.05, 4.69) is 5.32 Å². The van der Waals surface area contributed by atoms with Crippen molar-refractivity contribution in [2.45, 2.75) is 32.2 Å². The molecule has 1 aromatic rings. The van der Waals surface area contributed by atoms with Crippen molar-refractivity contribution >= 4 is 11.8 Å². The second kappa shape index (κ2) is 5.84. The van der Waals surface area contributed by atoms with Crippen LogP contribution in [0, 0.1) is 11.7 Å². The van der Waals surface area contributed by atoms with Crippen LogP contribution in [0.25, 0.3) is 0 Å². The molecule has 0 aliphatic carbocycles. The van der Waals surface area contributed by atoms with E-state index in [4.69, 9.17) is 0 Å². The number of carbonyl (C=O) groups is 2. The minimum Gasteiger partial charge on any atom is -0.356 e. The molecule has 0 saturated carbocycles. The summed E-state index contributed by atoms with van der Waals surface area (Å²) in [5, 5.41) is 2.81. The van der Waals surface area contributed by atoms with Gasteiger partial charge in [-0.1, -0.05) is 6.07 Å². The van der Waals surface area contributed by atoms with Crippen molar-refractivity contribution in [3.05, 3.63) is 35.1 Å². The lowest BCUT2D eigenvalue weighted by Gasteiger charge is -2.31. The number of hydrogen-bond donors (Lipinski definition) is 1. The Morgan fingerprint density at radius 3 is 2.95 bits per heavy atom. The molecule has 2 aliphatic rings. The molecule has 2 amide bonds. The number of nitrogens with zero attached hydrogens (tertiary/aromatic N) is 1. The second-order valence-corrected chi connectivity index (χ2v) is 5.89. The zero-order valence-corrected chi connectivity index (χ0v) is 11.9. The molecule has 1 aromatic carbocycles. The van der Waals surface area contributed by atoms with Gasteiger partial charge in [0.2, 0.25) is 11.8 Å². The Labute approximate surface area is 123 Å². The first kappa shape index (κ1) is 14.0. The van der Waals surface area contributed by atoms with Crippen LogP contribution in [0.1, 0.15) is 30.4 Å². The highest BCUT2D eigenvalue weighted by Gasteiger charge is 2.25. The predicted molar refractivity (Wildman–Crippen MR) is 75.9 cm³/mol. The highest BCUT2D eigenvalue weighted by atomic mass is 19.1. The van der Waals surface area contributed by atoms with Crippen molar-refractivity contribution in [3.8, 4) is 0 Å². The molecule has 1 atom stereocenters. The minimum absolute atomic E-state index is 0.0765. The van der Waals surface area contributed by atoms with Crippen LogP contribution in [0.2, 0.25) is 0 Å². The Hall–Kier alpha value is -1.91. The summed E-state index contributed by atoms with van der Waals surface area (Å²) in [7, 11) is 0. The zero-order chi connectivity index (χ0) is 14.8. The number of hydrogen-bond acceptors (Lipinski definition) is 2. The second-order valence-electron chi connectivity index (χ2n) is 5.89. The van der Waals surface area contributed by atoms with Crippen LogP contribution < -0.4 is 5.32 Å². The number of nitrogens with one attached hydrogen (secondary N) is 1. The summed E-state index contributed by atoms with van der Waals surface area (Å²) < 4.78 is 13.2. The maximum atomic E-state index is 13.2. The van der Waals surface area contributed by atoms with E-state index < -0.39 is 0 Å². The van der Waals surface area contributed by atoms with Crippen LogP contribution in [0.4, 0.5) is 4.39 Å². The van der Waals surface area contributed by atoms with E-state index in [1.54, 1.807) is 12.1 Å². The fraction of sp³-hybridized carbons (Fsp3) is 0.500. The number of fused-ring (bicyclic) bond motifs is 1. The third kappa shape index (κ3) is 3.23. The Balaban J connectivity index is 1.59. The molecule has 0 radical (unpaired) electrons. The zero-order valence-electron chi connectivity index (χ0n) is 11.9. The van der Waals surface area contributed by atoms with Crippen LogP contribution in [0.15, 0.2) is 18.2 Å². The van der Waals surface area contributed by atoms with Gasteiger partial charge >= 0.3 is 0 Å². The van der Waals surface area contributed by atoms with Gasteiger partial charge in [0.05, 0.1) is 0 Å². The van der Waals surface area contributed by atoms with Crippen LogP contribution in [0.5, 0.6) is 0 Å². The summed E-state index contributed by atoms with van der Waals surface area (Å²) in [6.07, 6.45) is 2.49. The van der Waals surface area contributed by atoms with Gasteiger partial charge in [-0.15, -0.1) is 0 Å². The smallest absolute Gasteiger partial charge is 0.223 e. The van der Waals surface area contributed by atoms with Crippen molar-refractivity contribution in [2.75, 3.05) is 13.1 Å². The fourth-order valence-corrected chi connectivity index (χ4v) is 3.07. The summed E-state index contributed by atoms with van der Waals surface area (Å²) in [5.74, 6) is 0.232. The average Bonchev–Trinajstić information content (AvgIpc) is 2.49. The van der Waals surface area contributed by atoms with Gasteiger partial charge in [-0.2, -0.15) is 0 Å². The van der Waals surface area contributed by atoms with Crippen molar-refractivity contribution in [2.24, 2.45) is 5.92 Å². The van der Waals surface area contributed by atoms with E-state index in [0.717, 1.165) is 17.5 Å². The SMILES string of the molecule is O=C1CCC(CC(=O)N2CCc3cc(F)ccc3C2)CN1. The fourth-order valence-electron chi connectivity index (χ4n) is 3.07. The van der Waals surface area contributed by atoms with Gasteiger partial charge < -0.3 is 10.2 Å². The first-order chi connectivity index (χ1) is 10.1. The Kier molecular flexibility index (Phi) is 3.90. The normalized spacial score (nSPS) is 21.7. The molecule has 112 valence electrons. The summed E-state index contributed by atoms with van der Waals surface area (Å²) in [6, 6.07) is 4.78. The predicted octanol–water partition coefficient (Wildman–Crippen LogP) is 1.63. The van der Waals surface area contributed by atoms with Crippen LogP contribution in [-0.2, 0) is 22.6 Å². The first-order valence-electron chi connectivity index (χ1n) is 7.43. The molecule has 1 fully saturated rings. The van der Waals surface area contributed by atoms with Crippen LogP contribution in [0.3, 0.4) is 0 Å². The molecule has 1 N–H and O–H groups in total. The van der Waals surface area contributed by atoms with Gasteiger partial charge in [-0.3, -0.25) is 9.59 Å². The maximum absolute atomic E-state index is 13.2. The molecule has 21 heavy (non-hydrogen) atoms. The number of halogens is 1. The standard InChI is InChI=1S/C16H19FN2O2/c17-14-3-2-13-10-19(6-5-12(13)8-14)16(21)7-11-1-4-15(20)18-9-11/h2-3,8,11H,1,4-7,9-10H2,(H,18,20). The number of carbonyl (C=O) groups excluding carboxylic acids is 2. The maximum Gasteiger partial charge on any atom is 0.223 e. The Bertz CT molecular complexity index is 563. The summed E-state index contributed by atoms with van der Waals surface area (Å²) in [6.45, 7) is 1.81. The van der Waals surface area contributed by atoms with E-state index in [0.29, 0.717) is 38.9 Å². The lowest BCUT2D eigenvalue weighted by molar-refractivity contribution is -0.134. The Morgan fingerprint density at radius 1 is 1.33 bits per heavy atom. The molecule has 1 unspecified atom stereocenters. The summed E-state index contributed by atoms with van der Waals surface area (Å²) in [5.41, 5.74) is 2.04. The monoisotopic (exact) mass is 290 g/mol. The molecule has 0 spiro atoms. The van der Waals surface area contributed by atoms with Gasteiger partial charge in [0, 0.05) is 32.5 Å². The van der Waals surface area contributed by atoms with Gasteiger partial charge in [0.25, 0.3) is 0 Å². The molecule has 2 aliphatic heterocycles. The first-order valence-corrected chi connectivity index (χ1v) is 7.43. The summed E-state index contributed by atoms with van der Waals surface area (Å²) in [4.78, 5) is 25.3. The molecule has 1 saturated heterocycles. The van der Waals surface area contributed by atoms with Crippen molar-refractivity contribution in [3.63, 3.8) is 0 Å². The molecule has 4 nitrogen and oxygen atoms in total. The molecule has 0 bridgehead atoms. The van der Waals surface area contributed by atoms with E-state index >= 15 is 0 Å². The van der Waals surface area contributed by atoms with Gasteiger partial charge in [-0.25, -0.2) is 4.39 Å². The third-order valence-corrected chi connectivity index (χ3v) is 4.36. The quantitative estimate of drug-likeness (QED) is 0.900. The largest absolute Gasteiger partial charge is 0.356 e. The van der Waals surface area contributed by atoms with Crippen LogP contribution >= 0.6 is 0 Å². The van der Waals surface area contributed by atoms with Crippen molar-refractivity contribution in [1.82, 2.24) is 10.2 Å². The number of piperidine rings is 1. The van der Waals surface area contributed by atoms with E-state index in [-0.39, 0.29) is 23.5 Å². The molecular weight excluding hydrogens is 271 g/mol. The highest BCUT2D eigenvalue weighted by Crippen LogP contribution is 2.22. The number of rotatable bonds is 2. The van der Waals surface area contributed by atoms with E-state index in [9.17, 15) is 14.0 Å². The summed E-state index contributed by atoms with van der Waals surface area (Å²) >= 11 is 0. The van der Waals surface area contributed by atoms with Gasteiger partial charge in [-0.05, 0) is 42.0 Å². The number of benzene rings is 1. The van der Waals surface area contributed by atoms with Crippen LogP contribution in [-0.4, -0.2) is 29.8 Å². The molecule has 2 heterocycles. The Morgan fingerprint density at radius 2 is 2.19 bits per heavy atom. The third-order valence-electron chi connectivity index (χ3n) is 4.36. The lowest BCUT2D eigenvalue weighted by Crippen LogP contribution is -2.40.